The van der Waals surface area contributed by atoms with Gasteiger partial charge in [-0.2, -0.15) is 5.10 Å². The van der Waals surface area contributed by atoms with Gasteiger partial charge in [-0.3, -0.25) is 9.67 Å². The molecule has 0 atom stereocenters. The Hall–Kier alpha value is -4.04. The molecule has 0 fully saturated rings. The average molecular weight is 502 g/mol. The molecular formula is C27H25ClFN7. The molecule has 182 valence electrons. The fourth-order valence-electron chi connectivity index (χ4n) is 3.99. The molecule has 0 saturated carbocycles. The fraction of sp³-hybridized carbons (Fsp3) is 0.185. The van der Waals surface area contributed by atoms with Crippen LogP contribution in [0, 0.1) is 5.82 Å². The largest absolute Gasteiger partial charge is 0.382 e. The quantitative estimate of drug-likeness (QED) is 0.277. The van der Waals surface area contributed by atoms with E-state index in [0.29, 0.717) is 52.0 Å². The zero-order chi connectivity index (χ0) is 25.2. The summed E-state index contributed by atoms with van der Waals surface area (Å²) in [6, 6.07) is 15.9. The van der Waals surface area contributed by atoms with Crippen molar-refractivity contribution in [3.05, 3.63) is 83.5 Å². The van der Waals surface area contributed by atoms with E-state index in [1.54, 1.807) is 18.3 Å². The Morgan fingerprint density at radius 1 is 1.03 bits per heavy atom. The van der Waals surface area contributed by atoms with Gasteiger partial charge in [-0.1, -0.05) is 17.7 Å². The van der Waals surface area contributed by atoms with Gasteiger partial charge in [-0.15, -0.1) is 0 Å². The third-order valence-electron chi connectivity index (χ3n) is 5.85. The molecule has 2 aromatic carbocycles. The van der Waals surface area contributed by atoms with Crippen molar-refractivity contribution in [1.29, 1.82) is 0 Å². The van der Waals surface area contributed by atoms with Crippen LogP contribution in [0.15, 0.2) is 67.0 Å². The summed E-state index contributed by atoms with van der Waals surface area (Å²) in [6.45, 7) is 4.73. The standard InChI is InChI=1S/C27H25ClFN7/c1-16(2)36-13-10-23(35-36)31-12-9-22-27(30)34-25(17-5-7-20(29)8-6-17)26(33-22)19-14-18-4-3-11-32-24(18)21(28)15-19/h3-8,10-11,13-16H,9,12H2,1-2H3,(H2,30,34)(H,31,35). The Labute approximate surface area is 213 Å². The highest BCUT2D eigenvalue weighted by molar-refractivity contribution is 6.35. The van der Waals surface area contributed by atoms with Gasteiger partial charge in [0.2, 0.25) is 0 Å². The van der Waals surface area contributed by atoms with Crippen molar-refractivity contribution in [2.24, 2.45) is 0 Å². The lowest BCUT2D eigenvalue weighted by Crippen LogP contribution is -2.12. The molecule has 7 nitrogen and oxygen atoms in total. The molecule has 0 unspecified atom stereocenters. The van der Waals surface area contributed by atoms with Crippen molar-refractivity contribution in [3.63, 3.8) is 0 Å². The zero-order valence-electron chi connectivity index (χ0n) is 19.9. The van der Waals surface area contributed by atoms with Crippen molar-refractivity contribution < 1.29 is 4.39 Å². The number of fused-ring (bicyclic) bond motifs is 1. The minimum Gasteiger partial charge on any atom is -0.382 e. The number of nitrogen functional groups attached to an aromatic ring is 1. The van der Waals surface area contributed by atoms with Crippen LogP contribution < -0.4 is 11.1 Å². The summed E-state index contributed by atoms with van der Waals surface area (Å²) in [7, 11) is 0. The Morgan fingerprint density at radius 3 is 2.56 bits per heavy atom. The maximum atomic E-state index is 13.6. The lowest BCUT2D eigenvalue weighted by molar-refractivity contribution is 0.534. The molecule has 0 aliphatic carbocycles. The topological polar surface area (TPSA) is 94.5 Å². The van der Waals surface area contributed by atoms with Gasteiger partial charge < -0.3 is 11.1 Å². The summed E-state index contributed by atoms with van der Waals surface area (Å²) in [5, 5.41) is 9.22. The van der Waals surface area contributed by atoms with E-state index in [2.05, 4.69) is 29.2 Å². The molecule has 0 saturated heterocycles. The van der Waals surface area contributed by atoms with Gasteiger partial charge in [0, 0.05) is 54.0 Å². The highest BCUT2D eigenvalue weighted by atomic mass is 35.5. The number of hydrogen-bond donors (Lipinski definition) is 2. The summed E-state index contributed by atoms with van der Waals surface area (Å²) in [5.74, 6) is 0.775. The number of nitrogens with one attached hydrogen (secondary N) is 1. The van der Waals surface area contributed by atoms with E-state index in [4.69, 9.17) is 27.3 Å². The van der Waals surface area contributed by atoms with Crippen LogP contribution in [0.2, 0.25) is 5.02 Å². The number of hydrogen-bond acceptors (Lipinski definition) is 6. The summed E-state index contributed by atoms with van der Waals surface area (Å²) < 4.78 is 15.5. The van der Waals surface area contributed by atoms with E-state index in [9.17, 15) is 4.39 Å². The first-order chi connectivity index (χ1) is 17.4. The van der Waals surface area contributed by atoms with Crippen LogP contribution in [-0.2, 0) is 6.42 Å². The molecule has 5 rings (SSSR count). The van der Waals surface area contributed by atoms with Gasteiger partial charge in [-0.25, -0.2) is 14.4 Å². The molecule has 0 spiro atoms. The van der Waals surface area contributed by atoms with Crippen molar-refractivity contribution in [3.8, 4) is 22.5 Å². The second kappa shape index (κ2) is 9.91. The third kappa shape index (κ3) is 4.85. The molecule has 0 bridgehead atoms. The number of nitrogens with zero attached hydrogens (tertiary/aromatic N) is 5. The molecule has 36 heavy (non-hydrogen) atoms. The fourth-order valence-corrected chi connectivity index (χ4v) is 4.27. The highest BCUT2D eigenvalue weighted by Crippen LogP contribution is 2.35. The van der Waals surface area contributed by atoms with Crippen molar-refractivity contribution in [2.45, 2.75) is 26.3 Å². The average Bonchev–Trinajstić information content (AvgIpc) is 3.35. The van der Waals surface area contributed by atoms with Crippen LogP contribution in [0.5, 0.6) is 0 Å². The number of pyridine rings is 1. The van der Waals surface area contributed by atoms with Crippen molar-refractivity contribution >= 4 is 34.1 Å². The Kier molecular flexibility index (Phi) is 6.52. The van der Waals surface area contributed by atoms with E-state index in [-0.39, 0.29) is 11.9 Å². The summed E-state index contributed by atoms with van der Waals surface area (Å²) in [6.07, 6.45) is 4.18. The maximum Gasteiger partial charge on any atom is 0.148 e. The molecule has 3 aromatic heterocycles. The number of aromatic nitrogens is 5. The van der Waals surface area contributed by atoms with Crippen LogP contribution in [-0.4, -0.2) is 31.3 Å². The molecule has 3 N–H and O–H groups in total. The predicted octanol–water partition coefficient (Wildman–Crippen LogP) is 6.17. The van der Waals surface area contributed by atoms with Gasteiger partial charge >= 0.3 is 0 Å². The van der Waals surface area contributed by atoms with Gasteiger partial charge in [0.05, 0.1) is 27.6 Å². The van der Waals surface area contributed by atoms with E-state index in [1.165, 1.54) is 12.1 Å². The number of rotatable bonds is 7. The van der Waals surface area contributed by atoms with Gasteiger partial charge in [0.15, 0.2) is 0 Å². The lowest BCUT2D eigenvalue weighted by Gasteiger charge is -2.14. The van der Waals surface area contributed by atoms with Crippen LogP contribution in [0.1, 0.15) is 25.6 Å². The second-order valence-corrected chi connectivity index (χ2v) is 9.15. The molecule has 0 aliphatic rings. The molecular weight excluding hydrogens is 477 g/mol. The smallest absolute Gasteiger partial charge is 0.148 e. The Bertz CT molecular complexity index is 1530. The molecule has 5 aromatic rings. The number of anilines is 2. The SMILES string of the molecule is CC(C)n1ccc(NCCc2nc(-c3cc(Cl)c4ncccc4c3)c(-c3ccc(F)cc3)nc2N)n1. The summed E-state index contributed by atoms with van der Waals surface area (Å²) in [4.78, 5) is 14.0. The molecule has 0 amide bonds. The van der Waals surface area contributed by atoms with E-state index < -0.39 is 0 Å². The highest BCUT2D eigenvalue weighted by Gasteiger charge is 2.17. The Balaban J connectivity index is 1.53. The summed E-state index contributed by atoms with van der Waals surface area (Å²) in [5.41, 5.74) is 10.4. The second-order valence-electron chi connectivity index (χ2n) is 8.74. The zero-order valence-corrected chi connectivity index (χ0v) is 20.7. The monoisotopic (exact) mass is 501 g/mol. The van der Waals surface area contributed by atoms with Crippen LogP contribution in [0.3, 0.4) is 0 Å². The minimum absolute atomic E-state index is 0.285. The molecule has 9 heteroatoms. The van der Waals surface area contributed by atoms with Crippen molar-refractivity contribution in [1.82, 2.24) is 24.7 Å². The van der Waals surface area contributed by atoms with E-state index in [0.717, 1.165) is 16.8 Å². The molecule has 0 radical (unpaired) electrons. The molecule has 0 aliphatic heterocycles. The van der Waals surface area contributed by atoms with E-state index >= 15 is 0 Å². The predicted molar refractivity (Wildman–Crippen MR) is 142 cm³/mol. The normalized spacial score (nSPS) is 11.4. The summed E-state index contributed by atoms with van der Waals surface area (Å²) >= 11 is 6.57. The first-order valence-corrected chi connectivity index (χ1v) is 12.0. The van der Waals surface area contributed by atoms with Gasteiger partial charge in [-0.05, 0) is 56.3 Å². The van der Waals surface area contributed by atoms with Crippen LogP contribution in [0.4, 0.5) is 16.0 Å². The van der Waals surface area contributed by atoms with Crippen LogP contribution in [0.25, 0.3) is 33.4 Å². The number of nitrogens with two attached hydrogens (primary N) is 1. The first kappa shape index (κ1) is 23.7. The third-order valence-corrected chi connectivity index (χ3v) is 6.14. The molecule has 3 heterocycles. The van der Waals surface area contributed by atoms with Gasteiger partial charge in [0.1, 0.15) is 17.5 Å². The minimum atomic E-state index is -0.330. The lowest BCUT2D eigenvalue weighted by atomic mass is 10.0. The van der Waals surface area contributed by atoms with Crippen molar-refractivity contribution in [2.75, 3.05) is 17.6 Å². The van der Waals surface area contributed by atoms with Gasteiger partial charge in [0.25, 0.3) is 0 Å². The first-order valence-electron chi connectivity index (χ1n) is 11.6. The van der Waals surface area contributed by atoms with E-state index in [1.807, 2.05) is 41.2 Å². The maximum absolute atomic E-state index is 13.6. The number of halogens is 2. The van der Waals surface area contributed by atoms with Crippen LogP contribution >= 0.6 is 11.6 Å². The number of benzene rings is 2. The Morgan fingerprint density at radius 2 is 1.81 bits per heavy atom.